The molecule has 1 unspecified atom stereocenters. The van der Waals surface area contributed by atoms with Gasteiger partial charge in [0.15, 0.2) is 0 Å². The van der Waals surface area contributed by atoms with Crippen LogP contribution in [0.3, 0.4) is 0 Å². The predicted octanol–water partition coefficient (Wildman–Crippen LogP) is 1.82. The molecule has 0 fully saturated rings. The highest BCUT2D eigenvalue weighted by molar-refractivity contribution is 5.74. The summed E-state index contributed by atoms with van der Waals surface area (Å²) in [5.41, 5.74) is 3.21. The number of H-pyrrole nitrogens is 1. The van der Waals surface area contributed by atoms with Crippen molar-refractivity contribution >= 4 is 11.0 Å². The summed E-state index contributed by atoms with van der Waals surface area (Å²) in [4.78, 5) is 0. The number of rotatable bonds is 5. The number of hydrogen-bond acceptors (Lipinski definition) is 4. The lowest BCUT2D eigenvalue weighted by atomic mass is 10.1. The Bertz CT molecular complexity index is 526. The normalized spacial score (nSPS) is 13.9. The third-order valence-corrected chi connectivity index (χ3v) is 2.97. The molecule has 1 heterocycles. The standard InChI is InChI=1S/C14H23N5/c1-10(8-16-14(2,3)4)15-9-11-5-6-12-13(7-11)18-19-17-12/h5-7,10,15-16H,8-9H2,1-4H3,(H,17,18,19). The zero-order valence-corrected chi connectivity index (χ0v) is 12.1. The topological polar surface area (TPSA) is 65.6 Å². The summed E-state index contributed by atoms with van der Waals surface area (Å²) >= 11 is 0. The van der Waals surface area contributed by atoms with Gasteiger partial charge >= 0.3 is 0 Å². The first-order chi connectivity index (χ1) is 8.94. The third kappa shape index (κ3) is 4.29. The second-order valence-corrected chi connectivity index (χ2v) is 6.06. The van der Waals surface area contributed by atoms with E-state index in [4.69, 9.17) is 0 Å². The molecular weight excluding hydrogens is 238 g/mol. The van der Waals surface area contributed by atoms with Crippen molar-refractivity contribution in [1.82, 2.24) is 26.0 Å². The van der Waals surface area contributed by atoms with Gasteiger partial charge in [0.1, 0.15) is 11.0 Å². The Morgan fingerprint density at radius 3 is 2.68 bits per heavy atom. The molecule has 5 nitrogen and oxygen atoms in total. The zero-order chi connectivity index (χ0) is 13.9. The highest BCUT2D eigenvalue weighted by Crippen LogP contribution is 2.10. The molecule has 0 aliphatic rings. The second-order valence-electron chi connectivity index (χ2n) is 6.06. The Labute approximate surface area is 114 Å². The van der Waals surface area contributed by atoms with Crippen LogP contribution in [0.4, 0.5) is 0 Å². The molecule has 1 atom stereocenters. The van der Waals surface area contributed by atoms with Gasteiger partial charge in [0.2, 0.25) is 0 Å². The van der Waals surface area contributed by atoms with E-state index in [9.17, 15) is 0 Å². The minimum absolute atomic E-state index is 0.162. The number of hydrogen-bond donors (Lipinski definition) is 3. The molecule has 3 N–H and O–H groups in total. The highest BCUT2D eigenvalue weighted by Gasteiger charge is 2.10. The molecular formula is C14H23N5. The van der Waals surface area contributed by atoms with Crippen LogP contribution < -0.4 is 10.6 Å². The van der Waals surface area contributed by atoms with Crippen LogP contribution in [0.2, 0.25) is 0 Å². The minimum atomic E-state index is 0.162. The number of aromatic amines is 1. The van der Waals surface area contributed by atoms with Crippen molar-refractivity contribution in [3.05, 3.63) is 23.8 Å². The van der Waals surface area contributed by atoms with Crippen LogP contribution in [0.5, 0.6) is 0 Å². The fourth-order valence-corrected chi connectivity index (χ4v) is 1.82. The molecule has 0 spiro atoms. The van der Waals surface area contributed by atoms with Gasteiger partial charge in [-0.25, -0.2) is 0 Å². The van der Waals surface area contributed by atoms with Crippen LogP contribution in [0.25, 0.3) is 11.0 Å². The SMILES string of the molecule is CC(CNC(C)(C)C)NCc1ccc2n[nH]nc2c1. The van der Waals surface area contributed by atoms with Gasteiger partial charge in [0.25, 0.3) is 0 Å². The summed E-state index contributed by atoms with van der Waals surface area (Å²) in [7, 11) is 0. The van der Waals surface area contributed by atoms with Gasteiger partial charge < -0.3 is 10.6 Å². The fourth-order valence-electron chi connectivity index (χ4n) is 1.82. The third-order valence-electron chi connectivity index (χ3n) is 2.97. The van der Waals surface area contributed by atoms with E-state index in [-0.39, 0.29) is 5.54 Å². The van der Waals surface area contributed by atoms with Gasteiger partial charge in [-0.15, -0.1) is 0 Å². The van der Waals surface area contributed by atoms with Crippen molar-refractivity contribution in [1.29, 1.82) is 0 Å². The Hall–Kier alpha value is -1.46. The Morgan fingerprint density at radius 2 is 1.95 bits per heavy atom. The summed E-state index contributed by atoms with van der Waals surface area (Å²) in [5.74, 6) is 0. The van der Waals surface area contributed by atoms with E-state index in [0.29, 0.717) is 6.04 Å². The minimum Gasteiger partial charge on any atom is -0.311 e. The van der Waals surface area contributed by atoms with E-state index < -0.39 is 0 Å². The molecule has 0 radical (unpaired) electrons. The molecule has 0 aliphatic carbocycles. The fraction of sp³-hybridized carbons (Fsp3) is 0.571. The first kappa shape index (κ1) is 14.0. The van der Waals surface area contributed by atoms with Crippen LogP contribution in [-0.4, -0.2) is 33.5 Å². The van der Waals surface area contributed by atoms with Gasteiger partial charge in [-0.2, -0.15) is 15.4 Å². The Balaban J connectivity index is 1.84. The molecule has 1 aromatic heterocycles. The van der Waals surface area contributed by atoms with Crippen LogP contribution in [0, 0.1) is 0 Å². The maximum atomic E-state index is 4.10. The van der Waals surface area contributed by atoms with Crippen molar-refractivity contribution in [2.24, 2.45) is 0 Å². The molecule has 2 rings (SSSR count). The molecule has 0 aliphatic heterocycles. The van der Waals surface area contributed by atoms with E-state index in [1.54, 1.807) is 0 Å². The van der Waals surface area contributed by atoms with Crippen LogP contribution in [0.15, 0.2) is 18.2 Å². The summed E-state index contributed by atoms with van der Waals surface area (Å²) in [6.07, 6.45) is 0. The molecule has 0 saturated carbocycles. The van der Waals surface area contributed by atoms with E-state index in [1.165, 1.54) is 5.56 Å². The molecule has 0 bridgehead atoms. The highest BCUT2D eigenvalue weighted by atomic mass is 15.3. The molecule has 0 amide bonds. The average Bonchev–Trinajstić information content (AvgIpc) is 2.80. The van der Waals surface area contributed by atoms with Gasteiger partial charge in [-0.1, -0.05) is 6.07 Å². The van der Waals surface area contributed by atoms with Gasteiger partial charge in [0.05, 0.1) is 0 Å². The van der Waals surface area contributed by atoms with Crippen molar-refractivity contribution in [3.8, 4) is 0 Å². The van der Waals surface area contributed by atoms with Crippen molar-refractivity contribution < 1.29 is 0 Å². The van der Waals surface area contributed by atoms with E-state index in [2.05, 4.69) is 65.9 Å². The van der Waals surface area contributed by atoms with Gasteiger partial charge in [-0.3, -0.25) is 0 Å². The smallest absolute Gasteiger partial charge is 0.113 e. The zero-order valence-electron chi connectivity index (χ0n) is 12.1. The van der Waals surface area contributed by atoms with E-state index in [0.717, 1.165) is 24.1 Å². The number of nitrogens with one attached hydrogen (secondary N) is 3. The van der Waals surface area contributed by atoms with Crippen LogP contribution in [-0.2, 0) is 6.54 Å². The maximum Gasteiger partial charge on any atom is 0.113 e. The average molecular weight is 261 g/mol. The molecule has 2 aromatic rings. The Kier molecular flexibility index (Phi) is 4.17. The first-order valence-corrected chi connectivity index (χ1v) is 6.72. The first-order valence-electron chi connectivity index (χ1n) is 6.72. The van der Waals surface area contributed by atoms with Gasteiger partial charge in [-0.05, 0) is 45.4 Å². The number of aromatic nitrogens is 3. The molecule has 104 valence electrons. The van der Waals surface area contributed by atoms with Crippen molar-refractivity contribution in [3.63, 3.8) is 0 Å². The number of fused-ring (bicyclic) bond motifs is 1. The number of benzene rings is 1. The largest absolute Gasteiger partial charge is 0.311 e. The summed E-state index contributed by atoms with van der Waals surface area (Å²) in [5, 5.41) is 17.8. The number of nitrogens with zero attached hydrogens (tertiary/aromatic N) is 2. The molecule has 19 heavy (non-hydrogen) atoms. The summed E-state index contributed by atoms with van der Waals surface area (Å²) in [6, 6.07) is 6.57. The molecule has 5 heteroatoms. The summed E-state index contributed by atoms with van der Waals surface area (Å²) < 4.78 is 0. The lowest BCUT2D eigenvalue weighted by Crippen LogP contribution is -2.44. The van der Waals surface area contributed by atoms with E-state index >= 15 is 0 Å². The summed E-state index contributed by atoms with van der Waals surface area (Å²) in [6.45, 7) is 10.5. The lowest BCUT2D eigenvalue weighted by Gasteiger charge is -2.24. The van der Waals surface area contributed by atoms with E-state index in [1.807, 2.05) is 6.07 Å². The lowest BCUT2D eigenvalue weighted by molar-refractivity contribution is 0.387. The van der Waals surface area contributed by atoms with Crippen LogP contribution >= 0.6 is 0 Å². The molecule has 0 saturated heterocycles. The predicted molar refractivity (Wildman–Crippen MR) is 77.9 cm³/mol. The van der Waals surface area contributed by atoms with Crippen LogP contribution in [0.1, 0.15) is 33.3 Å². The van der Waals surface area contributed by atoms with Crippen molar-refractivity contribution in [2.75, 3.05) is 6.54 Å². The molecule has 1 aromatic carbocycles. The monoisotopic (exact) mass is 261 g/mol. The van der Waals surface area contributed by atoms with Crippen molar-refractivity contribution in [2.45, 2.75) is 45.8 Å². The quantitative estimate of drug-likeness (QED) is 0.768. The Morgan fingerprint density at radius 1 is 1.21 bits per heavy atom. The van der Waals surface area contributed by atoms with Gasteiger partial charge in [0, 0.05) is 24.7 Å². The second kappa shape index (κ2) is 5.67. The maximum absolute atomic E-state index is 4.10.